The molecule has 2 aliphatic rings. The van der Waals surface area contributed by atoms with Crippen LogP contribution in [0.4, 0.5) is 0 Å². The zero-order valence-corrected chi connectivity index (χ0v) is 19.0. The second-order valence-electron chi connectivity index (χ2n) is 8.69. The average molecular weight is 435 g/mol. The van der Waals surface area contributed by atoms with Crippen LogP contribution in [0.5, 0.6) is 0 Å². The molecule has 0 saturated carbocycles. The lowest BCUT2D eigenvalue weighted by Crippen LogP contribution is -2.40. The Morgan fingerprint density at radius 3 is 2.62 bits per heavy atom. The van der Waals surface area contributed by atoms with E-state index in [-0.39, 0.29) is 5.91 Å². The molecule has 2 aliphatic heterocycles. The van der Waals surface area contributed by atoms with E-state index < -0.39 is 0 Å². The van der Waals surface area contributed by atoms with Crippen LogP contribution in [0.2, 0.25) is 0 Å². The maximum absolute atomic E-state index is 12.0. The van der Waals surface area contributed by atoms with Crippen LogP contribution in [0, 0.1) is 5.92 Å². The van der Waals surface area contributed by atoms with Crippen LogP contribution in [0.1, 0.15) is 36.0 Å². The fraction of sp³-hybridized carbons (Fsp3) is 0.462. The van der Waals surface area contributed by atoms with E-state index in [0.717, 1.165) is 45.0 Å². The summed E-state index contributed by atoms with van der Waals surface area (Å²) in [7, 11) is 1.84. The lowest BCUT2D eigenvalue weighted by Gasteiger charge is -2.23. The predicted octanol–water partition coefficient (Wildman–Crippen LogP) is 3.42. The van der Waals surface area contributed by atoms with Gasteiger partial charge in [-0.3, -0.25) is 9.79 Å². The molecule has 1 atom stereocenters. The Labute approximate surface area is 191 Å². The molecule has 6 nitrogen and oxygen atoms in total. The molecule has 2 saturated heterocycles. The number of likely N-dealkylation sites (tertiary alicyclic amines) is 2. The molecule has 0 aromatic heterocycles. The summed E-state index contributed by atoms with van der Waals surface area (Å²) in [5, 5.41) is 3.54. The number of nitrogens with zero attached hydrogens (tertiary/aromatic N) is 3. The Morgan fingerprint density at radius 2 is 1.88 bits per heavy atom. The monoisotopic (exact) mass is 434 g/mol. The summed E-state index contributed by atoms with van der Waals surface area (Å²) in [5.41, 5.74) is 3.64. The molecule has 1 N–H and O–H groups in total. The molecule has 2 aromatic rings. The van der Waals surface area contributed by atoms with Gasteiger partial charge in [0.25, 0.3) is 0 Å². The van der Waals surface area contributed by atoms with Crippen LogP contribution in [-0.4, -0.2) is 55.0 Å². The second-order valence-corrected chi connectivity index (χ2v) is 8.69. The first-order chi connectivity index (χ1) is 15.7. The fourth-order valence-electron chi connectivity index (χ4n) is 4.55. The van der Waals surface area contributed by atoms with E-state index in [9.17, 15) is 4.79 Å². The zero-order chi connectivity index (χ0) is 22.2. The molecule has 0 radical (unpaired) electrons. The number of carbonyl (C=O) groups excluding carboxylic acids is 1. The molecule has 1 amide bonds. The molecule has 0 spiro atoms. The third kappa shape index (κ3) is 5.88. The summed E-state index contributed by atoms with van der Waals surface area (Å²) < 4.78 is 5.96. The maximum atomic E-state index is 12.0. The van der Waals surface area contributed by atoms with Crippen LogP contribution in [0.3, 0.4) is 0 Å². The molecule has 32 heavy (non-hydrogen) atoms. The number of aliphatic imine (C=N–C) groups is 1. The number of carbonyl (C=O) groups is 1. The molecule has 170 valence electrons. The number of hydrogen-bond acceptors (Lipinski definition) is 3. The van der Waals surface area contributed by atoms with Crippen molar-refractivity contribution in [2.24, 2.45) is 10.9 Å². The zero-order valence-electron chi connectivity index (χ0n) is 19.0. The van der Waals surface area contributed by atoms with Gasteiger partial charge in [0.2, 0.25) is 5.91 Å². The van der Waals surface area contributed by atoms with Gasteiger partial charge in [0.1, 0.15) is 0 Å². The van der Waals surface area contributed by atoms with Crippen molar-refractivity contribution < 1.29 is 9.53 Å². The number of nitrogens with one attached hydrogen (secondary N) is 1. The van der Waals surface area contributed by atoms with Crippen molar-refractivity contribution in [1.82, 2.24) is 15.1 Å². The van der Waals surface area contributed by atoms with Gasteiger partial charge in [-0.05, 0) is 29.5 Å². The smallest absolute Gasteiger partial charge is 0.222 e. The first-order valence-electron chi connectivity index (χ1n) is 11.6. The van der Waals surface area contributed by atoms with Gasteiger partial charge in [0.15, 0.2) is 5.96 Å². The topological polar surface area (TPSA) is 57.2 Å². The number of guanidine groups is 1. The highest BCUT2D eigenvalue weighted by atomic mass is 16.5. The number of ether oxygens (including phenoxy) is 1. The minimum atomic E-state index is 0.265. The Morgan fingerprint density at radius 1 is 1.09 bits per heavy atom. The molecule has 4 rings (SSSR count). The minimum Gasteiger partial charge on any atom is -0.376 e. The lowest BCUT2D eigenvalue weighted by atomic mass is 10.1. The first kappa shape index (κ1) is 22.3. The first-order valence-corrected chi connectivity index (χ1v) is 11.6. The predicted molar refractivity (Wildman–Crippen MR) is 127 cm³/mol. The van der Waals surface area contributed by atoms with Gasteiger partial charge in [-0.15, -0.1) is 0 Å². The van der Waals surface area contributed by atoms with Gasteiger partial charge in [-0.1, -0.05) is 54.6 Å². The molecule has 2 heterocycles. The van der Waals surface area contributed by atoms with E-state index in [4.69, 9.17) is 4.74 Å². The van der Waals surface area contributed by atoms with Gasteiger partial charge in [-0.25, -0.2) is 0 Å². The van der Waals surface area contributed by atoms with E-state index >= 15 is 0 Å². The molecule has 2 aromatic carbocycles. The Bertz CT molecular complexity index is 915. The van der Waals surface area contributed by atoms with E-state index in [2.05, 4.69) is 51.6 Å². The summed E-state index contributed by atoms with van der Waals surface area (Å²) in [4.78, 5) is 20.8. The third-order valence-corrected chi connectivity index (χ3v) is 6.35. The van der Waals surface area contributed by atoms with Crippen molar-refractivity contribution in [2.45, 2.75) is 39.0 Å². The highest BCUT2D eigenvalue weighted by Gasteiger charge is 2.25. The summed E-state index contributed by atoms with van der Waals surface area (Å²) in [6.45, 7) is 5.65. The Balaban J connectivity index is 1.26. The van der Waals surface area contributed by atoms with Crippen LogP contribution in [-0.2, 0) is 29.2 Å². The van der Waals surface area contributed by atoms with Gasteiger partial charge < -0.3 is 19.9 Å². The van der Waals surface area contributed by atoms with Crippen LogP contribution >= 0.6 is 0 Å². The van der Waals surface area contributed by atoms with Crippen molar-refractivity contribution in [3.05, 3.63) is 71.3 Å². The molecule has 0 bridgehead atoms. The Hall–Kier alpha value is -2.86. The van der Waals surface area contributed by atoms with Crippen molar-refractivity contribution in [1.29, 1.82) is 0 Å². The summed E-state index contributed by atoms with van der Waals surface area (Å²) in [6.07, 6.45) is 2.76. The molecular weight excluding hydrogens is 400 g/mol. The van der Waals surface area contributed by atoms with Crippen LogP contribution in [0.15, 0.2) is 59.6 Å². The number of hydrogen-bond donors (Lipinski definition) is 1. The van der Waals surface area contributed by atoms with Gasteiger partial charge in [0.05, 0.1) is 13.2 Å². The summed E-state index contributed by atoms with van der Waals surface area (Å²) in [5.74, 6) is 1.72. The average Bonchev–Trinajstić information content (AvgIpc) is 3.45. The van der Waals surface area contributed by atoms with Gasteiger partial charge in [0, 0.05) is 52.1 Å². The van der Waals surface area contributed by atoms with Crippen LogP contribution < -0.4 is 5.32 Å². The molecule has 0 aliphatic carbocycles. The maximum Gasteiger partial charge on any atom is 0.222 e. The van der Waals surface area contributed by atoms with E-state index in [0.29, 0.717) is 32.0 Å². The molecule has 2 fully saturated rings. The Kier molecular flexibility index (Phi) is 7.77. The van der Waals surface area contributed by atoms with Crippen molar-refractivity contribution in [3.63, 3.8) is 0 Å². The summed E-state index contributed by atoms with van der Waals surface area (Å²) in [6, 6.07) is 18.7. The third-order valence-electron chi connectivity index (χ3n) is 6.35. The van der Waals surface area contributed by atoms with E-state index in [1.165, 1.54) is 16.7 Å². The highest BCUT2D eigenvalue weighted by Crippen LogP contribution is 2.19. The molecular formula is C26H34N4O2. The number of amides is 1. The molecule has 6 heteroatoms. The quantitative estimate of drug-likeness (QED) is 0.511. The van der Waals surface area contributed by atoms with Crippen molar-refractivity contribution in [3.8, 4) is 0 Å². The normalized spacial score (nSPS) is 19.1. The summed E-state index contributed by atoms with van der Waals surface area (Å²) >= 11 is 0. The number of rotatable bonds is 8. The van der Waals surface area contributed by atoms with Crippen molar-refractivity contribution >= 4 is 11.9 Å². The number of benzene rings is 2. The van der Waals surface area contributed by atoms with E-state index in [1.807, 2.05) is 30.1 Å². The lowest BCUT2D eigenvalue weighted by molar-refractivity contribution is -0.128. The molecule has 1 unspecified atom stereocenters. The highest BCUT2D eigenvalue weighted by molar-refractivity contribution is 5.80. The minimum absolute atomic E-state index is 0.265. The SMILES string of the molecule is CN=C(NCc1ccccc1CN1CCCC1=O)N1CCC(COCc2ccccc2)C1. The van der Waals surface area contributed by atoms with Gasteiger partial charge >= 0.3 is 0 Å². The van der Waals surface area contributed by atoms with E-state index in [1.54, 1.807) is 0 Å². The van der Waals surface area contributed by atoms with Crippen LogP contribution in [0.25, 0.3) is 0 Å². The largest absolute Gasteiger partial charge is 0.376 e. The van der Waals surface area contributed by atoms with Crippen molar-refractivity contribution in [2.75, 3.05) is 33.3 Å². The standard InChI is InChI=1S/C26H34N4O2/c1-27-26(30-15-13-22(17-30)20-32-19-21-8-3-2-4-9-21)28-16-23-10-5-6-11-24(23)18-29-14-7-12-25(29)31/h2-6,8-11,22H,7,12-20H2,1H3,(H,27,28). The second kappa shape index (κ2) is 11.1. The van der Waals surface area contributed by atoms with Gasteiger partial charge in [-0.2, -0.15) is 0 Å². The fourth-order valence-corrected chi connectivity index (χ4v) is 4.55.